The summed E-state index contributed by atoms with van der Waals surface area (Å²) >= 11 is 12.5. The third-order valence-electron chi connectivity index (χ3n) is 6.42. The molecule has 0 spiro atoms. The molecule has 220 valence electrons. The van der Waals surface area contributed by atoms with Crippen molar-refractivity contribution in [1.82, 2.24) is 10.2 Å². The van der Waals surface area contributed by atoms with Crippen LogP contribution >= 0.6 is 23.2 Å². The van der Waals surface area contributed by atoms with Gasteiger partial charge in [0.2, 0.25) is 11.8 Å². The topological polar surface area (TPSA) is 105 Å². The first kappa shape index (κ1) is 32.0. The summed E-state index contributed by atoms with van der Waals surface area (Å²) in [6.07, 6.45) is 0. The number of rotatable bonds is 12. The Hall–Kier alpha value is -3.47. The molecule has 0 aromatic heterocycles. The summed E-state index contributed by atoms with van der Waals surface area (Å²) in [4.78, 5) is 28.2. The fourth-order valence-electron chi connectivity index (χ4n) is 4.08. The van der Waals surface area contributed by atoms with E-state index < -0.39 is 34.4 Å². The maximum absolute atomic E-state index is 14.1. The number of methoxy groups -OCH3 is 2. The van der Waals surface area contributed by atoms with Gasteiger partial charge < -0.3 is 19.7 Å². The van der Waals surface area contributed by atoms with Crippen molar-refractivity contribution in [2.24, 2.45) is 0 Å². The van der Waals surface area contributed by atoms with Crippen molar-refractivity contribution in [3.8, 4) is 11.5 Å². The van der Waals surface area contributed by atoms with E-state index in [-0.39, 0.29) is 22.9 Å². The fourth-order valence-corrected chi connectivity index (χ4v) is 5.97. The Balaban J connectivity index is 2.14. The van der Waals surface area contributed by atoms with Crippen LogP contribution in [0.4, 0.5) is 5.69 Å². The number of hydrogen-bond acceptors (Lipinski definition) is 6. The van der Waals surface area contributed by atoms with Crippen LogP contribution in [-0.2, 0) is 26.2 Å². The Morgan fingerprint density at radius 3 is 2.24 bits per heavy atom. The molecule has 0 saturated heterocycles. The highest BCUT2D eigenvalue weighted by atomic mass is 35.5. The van der Waals surface area contributed by atoms with Crippen molar-refractivity contribution in [2.75, 3.05) is 31.6 Å². The number of benzene rings is 3. The highest BCUT2D eigenvalue weighted by Gasteiger charge is 2.34. The summed E-state index contributed by atoms with van der Waals surface area (Å²) in [5.74, 6) is -0.482. The normalized spacial score (nSPS) is 11.9. The Morgan fingerprint density at radius 2 is 1.66 bits per heavy atom. The number of likely N-dealkylation sites (N-methyl/N-ethyl adjacent to an activating group) is 1. The highest BCUT2D eigenvalue weighted by molar-refractivity contribution is 7.92. The van der Waals surface area contributed by atoms with Crippen LogP contribution in [-0.4, -0.2) is 58.5 Å². The summed E-state index contributed by atoms with van der Waals surface area (Å²) in [7, 11) is -1.45. The van der Waals surface area contributed by atoms with Gasteiger partial charge in [-0.1, -0.05) is 47.0 Å². The Labute approximate surface area is 251 Å². The van der Waals surface area contributed by atoms with Crippen molar-refractivity contribution >= 4 is 50.7 Å². The van der Waals surface area contributed by atoms with Gasteiger partial charge in [0, 0.05) is 29.2 Å². The van der Waals surface area contributed by atoms with Gasteiger partial charge in [-0.25, -0.2) is 8.42 Å². The molecule has 41 heavy (non-hydrogen) atoms. The van der Waals surface area contributed by atoms with Crippen LogP contribution in [0.3, 0.4) is 0 Å². The summed E-state index contributed by atoms with van der Waals surface area (Å²) in [6.45, 7) is 4.80. The average molecular weight is 623 g/mol. The number of carbonyl (C=O) groups is 2. The number of carbonyl (C=O) groups excluding carboxylic acids is 2. The van der Waals surface area contributed by atoms with Gasteiger partial charge in [0.05, 0.1) is 24.8 Å². The molecular weight excluding hydrogens is 589 g/mol. The number of halogens is 2. The quantitative estimate of drug-likeness (QED) is 0.303. The molecule has 1 N–H and O–H groups in total. The zero-order chi connectivity index (χ0) is 30.3. The van der Waals surface area contributed by atoms with Crippen LogP contribution in [0.5, 0.6) is 11.5 Å². The summed E-state index contributed by atoms with van der Waals surface area (Å²) < 4.78 is 39.9. The molecule has 1 unspecified atom stereocenters. The molecule has 0 saturated carbocycles. The van der Waals surface area contributed by atoms with Crippen molar-refractivity contribution in [3.63, 3.8) is 0 Å². The lowest BCUT2D eigenvalue weighted by Gasteiger charge is -2.32. The van der Waals surface area contributed by atoms with Gasteiger partial charge in [-0.2, -0.15) is 0 Å². The second-order valence-electron chi connectivity index (χ2n) is 9.19. The number of ether oxygens (including phenoxy) is 2. The Morgan fingerprint density at radius 1 is 0.976 bits per heavy atom. The summed E-state index contributed by atoms with van der Waals surface area (Å²) in [5, 5.41) is 3.43. The molecule has 9 nitrogen and oxygen atoms in total. The predicted octanol–water partition coefficient (Wildman–Crippen LogP) is 5.07. The van der Waals surface area contributed by atoms with E-state index in [1.165, 1.54) is 43.4 Å². The van der Waals surface area contributed by atoms with E-state index in [1.807, 2.05) is 6.92 Å². The molecule has 0 heterocycles. The van der Waals surface area contributed by atoms with E-state index in [0.717, 1.165) is 9.87 Å². The molecule has 0 aliphatic carbocycles. The average Bonchev–Trinajstić information content (AvgIpc) is 2.95. The molecule has 3 rings (SSSR count). The SMILES string of the molecule is CCNC(=O)C(C)N(Cc1ccc(Cl)cc1Cl)C(=O)CN(c1cc(OC)ccc1OC)S(=O)(=O)c1ccc(C)cc1. The van der Waals surface area contributed by atoms with Crippen molar-refractivity contribution in [1.29, 1.82) is 0 Å². The predicted molar refractivity (Wildman–Crippen MR) is 160 cm³/mol. The van der Waals surface area contributed by atoms with Crippen molar-refractivity contribution < 1.29 is 27.5 Å². The minimum Gasteiger partial charge on any atom is -0.497 e. The molecule has 3 aromatic carbocycles. The number of nitrogens with zero attached hydrogens (tertiary/aromatic N) is 2. The maximum Gasteiger partial charge on any atom is 0.264 e. The van der Waals surface area contributed by atoms with Crippen molar-refractivity contribution in [3.05, 3.63) is 81.8 Å². The molecular formula is C29H33Cl2N3O6S. The van der Waals surface area contributed by atoms with E-state index in [2.05, 4.69) is 5.32 Å². The van der Waals surface area contributed by atoms with E-state index in [1.54, 1.807) is 50.2 Å². The summed E-state index contributed by atoms with van der Waals surface area (Å²) in [5.41, 5.74) is 1.50. The Kier molecular flexibility index (Phi) is 10.9. The minimum atomic E-state index is -4.29. The number of amides is 2. The smallest absolute Gasteiger partial charge is 0.264 e. The second-order valence-corrected chi connectivity index (χ2v) is 11.9. The van der Waals surface area contributed by atoms with Gasteiger partial charge in [-0.15, -0.1) is 0 Å². The standard InChI is InChI=1S/C29H33Cl2N3O6S/c1-6-32-29(36)20(3)33(17-21-9-10-22(30)15-25(21)31)28(35)18-34(26-16-23(39-4)11-14-27(26)40-5)41(37,38)24-12-7-19(2)8-13-24/h7-16,20H,6,17-18H2,1-5H3,(H,32,36). The van der Waals surface area contributed by atoms with Crippen LogP contribution in [0.15, 0.2) is 65.6 Å². The second kappa shape index (κ2) is 13.9. The number of nitrogens with one attached hydrogen (secondary N) is 1. The zero-order valence-corrected chi connectivity index (χ0v) is 25.8. The fraction of sp³-hybridized carbons (Fsp3) is 0.310. The van der Waals surface area contributed by atoms with E-state index in [0.29, 0.717) is 27.9 Å². The maximum atomic E-state index is 14.1. The monoisotopic (exact) mass is 621 g/mol. The van der Waals surface area contributed by atoms with Gasteiger partial charge in [0.15, 0.2) is 0 Å². The largest absolute Gasteiger partial charge is 0.497 e. The first-order valence-electron chi connectivity index (χ1n) is 12.8. The Bertz CT molecular complexity index is 1500. The third kappa shape index (κ3) is 7.63. The number of hydrogen-bond donors (Lipinski definition) is 1. The van der Waals surface area contributed by atoms with Crippen LogP contribution in [0.25, 0.3) is 0 Å². The van der Waals surface area contributed by atoms with Gasteiger partial charge in [0.25, 0.3) is 10.0 Å². The van der Waals surface area contributed by atoms with E-state index in [4.69, 9.17) is 32.7 Å². The molecule has 3 aromatic rings. The van der Waals surface area contributed by atoms with E-state index >= 15 is 0 Å². The molecule has 12 heteroatoms. The zero-order valence-electron chi connectivity index (χ0n) is 23.5. The van der Waals surface area contributed by atoms with Crippen LogP contribution in [0, 0.1) is 6.92 Å². The molecule has 0 bridgehead atoms. The molecule has 0 fully saturated rings. The number of anilines is 1. The van der Waals surface area contributed by atoms with Gasteiger partial charge in [-0.3, -0.25) is 13.9 Å². The summed E-state index contributed by atoms with van der Waals surface area (Å²) in [6, 6.07) is 14.8. The minimum absolute atomic E-state index is 0.0233. The lowest BCUT2D eigenvalue weighted by atomic mass is 10.1. The third-order valence-corrected chi connectivity index (χ3v) is 8.78. The first-order chi connectivity index (χ1) is 19.4. The van der Waals surface area contributed by atoms with Crippen molar-refractivity contribution in [2.45, 2.75) is 38.3 Å². The van der Waals surface area contributed by atoms with Crippen LogP contribution < -0.4 is 19.1 Å². The number of sulfonamides is 1. The lowest BCUT2D eigenvalue weighted by molar-refractivity contribution is -0.139. The van der Waals surface area contributed by atoms with Gasteiger partial charge in [-0.05, 0) is 62.7 Å². The molecule has 2 amide bonds. The molecule has 0 aliphatic rings. The first-order valence-corrected chi connectivity index (χ1v) is 14.9. The lowest BCUT2D eigenvalue weighted by Crippen LogP contribution is -2.51. The molecule has 0 radical (unpaired) electrons. The molecule has 1 atom stereocenters. The van der Waals surface area contributed by atoms with Gasteiger partial charge in [0.1, 0.15) is 24.1 Å². The number of aryl methyl sites for hydroxylation is 1. The van der Waals surface area contributed by atoms with Crippen LogP contribution in [0.2, 0.25) is 10.0 Å². The highest BCUT2D eigenvalue weighted by Crippen LogP contribution is 2.36. The molecule has 0 aliphatic heterocycles. The van der Waals surface area contributed by atoms with Gasteiger partial charge >= 0.3 is 0 Å². The van der Waals surface area contributed by atoms with E-state index in [9.17, 15) is 18.0 Å². The van der Waals surface area contributed by atoms with Crippen LogP contribution in [0.1, 0.15) is 25.0 Å².